The molecule has 5 nitrogen and oxygen atoms in total. The van der Waals surface area contributed by atoms with Crippen LogP contribution in [0.2, 0.25) is 5.02 Å². The lowest BCUT2D eigenvalue weighted by Gasteiger charge is -2.13. The van der Waals surface area contributed by atoms with Crippen LogP contribution < -0.4 is 5.32 Å². The van der Waals surface area contributed by atoms with Crippen LogP contribution >= 0.6 is 22.9 Å². The van der Waals surface area contributed by atoms with Crippen molar-refractivity contribution in [2.75, 3.05) is 5.32 Å². The predicted octanol–water partition coefficient (Wildman–Crippen LogP) is 4.44. The van der Waals surface area contributed by atoms with Crippen molar-refractivity contribution in [3.63, 3.8) is 0 Å². The van der Waals surface area contributed by atoms with E-state index < -0.39 is 4.92 Å². The average molecular weight is 312 g/mol. The highest BCUT2D eigenvalue weighted by Crippen LogP contribution is 2.34. The molecule has 0 fully saturated rings. The van der Waals surface area contributed by atoms with Crippen molar-refractivity contribution in [1.82, 2.24) is 4.98 Å². The molecule has 2 rings (SSSR count). The number of para-hydroxylation sites is 1. The van der Waals surface area contributed by atoms with Gasteiger partial charge in [0.05, 0.1) is 11.0 Å². The van der Waals surface area contributed by atoms with Crippen molar-refractivity contribution < 1.29 is 4.92 Å². The fourth-order valence-corrected chi connectivity index (χ4v) is 2.90. The molecule has 1 aromatic heterocycles. The molecular weight excluding hydrogens is 298 g/mol. The van der Waals surface area contributed by atoms with Gasteiger partial charge in [-0.15, -0.1) is 11.3 Å². The Labute approximate surface area is 125 Å². The minimum absolute atomic E-state index is 0.103. The third kappa shape index (κ3) is 3.08. The van der Waals surface area contributed by atoms with Crippen LogP contribution in [-0.2, 0) is 6.42 Å². The van der Waals surface area contributed by atoms with Crippen molar-refractivity contribution >= 4 is 34.3 Å². The highest BCUT2D eigenvalue weighted by atomic mass is 35.5. The lowest BCUT2D eigenvalue weighted by molar-refractivity contribution is -0.383. The molecule has 1 atom stereocenters. The third-order valence-corrected chi connectivity index (χ3v) is 4.46. The number of rotatable bonds is 5. The Bertz CT molecular complexity index is 630. The zero-order valence-corrected chi connectivity index (χ0v) is 12.7. The summed E-state index contributed by atoms with van der Waals surface area (Å²) >= 11 is 7.49. The number of halogens is 1. The third-order valence-electron chi connectivity index (χ3n) is 2.83. The Morgan fingerprint density at radius 1 is 1.55 bits per heavy atom. The first kappa shape index (κ1) is 14.7. The zero-order valence-electron chi connectivity index (χ0n) is 11.1. The quantitative estimate of drug-likeness (QED) is 0.654. The van der Waals surface area contributed by atoms with Crippen LogP contribution in [0.4, 0.5) is 11.4 Å². The number of aromatic nitrogens is 1. The Balaban J connectivity index is 2.25. The maximum absolute atomic E-state index is 11.1. The van der Waals surface area contributed by atoms with E-state index in [-0.39, 0.29) is 16.8 Å². The monoisotopic (exact) mass is 311 g/mol. The molecule has 1 heterocycles. The molecule has 0 radical (unpaired) electrons. The van der Waals surface area contributed by atoms with E-state index in [1.807, 2.05) is 13.1 Å². The van der Waals surface area contributed by atoms with Gasteiger partial charge in [0.25, 0.3) is 0 Å². The number of hydrogen-bond acceptors (Lipinski definition) is 5. The topological polar surface area (TPSA) is 68.1 Å². The highest BCUT2D eigenvalue weighted by Gasteiger charge is 2.20. The molecule has 0 bridgehead atoms. The number of aryl methyl sites for hydroxylation is 1. The van der Waals surface area contributed by atoms with Crippen molar-refractivity contribution in [3.05, 3.63) is 49.4 Å². The second-order valence-electron chi connectivity index (χ2n) is 4.28. The highest BCUT2D eigenvalue weighted by molar-refractivity contribution is 7.11. The summed E-state index contributed by atoms with van der Waals surface area (Å²) in [6, 6.07) is 4.73. The Kier molecular flexibility index (Phi) is 4.57. The summed E-state index contributed by atoms with van der Waals surface area (Å²) in [6.07, 6.45) is 2.77. The molecule has 0 aliphatic carbocycles. The number of anilines is 1. The molecule has 0 spiro atoms. The summed E-state index contributed by atoms with van der Waals surface area (Å²) in [6.45, 7) is 3.99. The van der Waals surface area contributed by atoms with E-state index in [1.165, 1.54) is 10.9 Å². The molecule has 1 N–H and O–H groups in total. The van der Waals surface area contributed by atoms with E-state index in [9.17, 15) is 10.1 Å². The molecule has 0 saturated heterocycles. The molecule has 20 heavy (non-hydrogen) atoms. The van der Waals surface area contributed by atoms with Crippen LogP contribution in [0.15, 0.2) is 24.4 Å². The molecule has 1 aromatic carbocycles. The van der Waals surface area contributed by atoms with E-state index in [0.717, 1.165) is 11.4 Å². The predicted molar refractivity (Wildman–Crippen MR) is 81.6 cm³/mol. The maximum atomic E-state index is 11.1. The van der Waals surface area contributed by atoms with Gasteiger partial charge in [0.15, 0.2) is 0 Å². The number of hydrogen-bond donors (Lipinski definition) is 1. The van der Waals surface area contributed by atoms with Gasteiger partial charge in [-0.3, -0.25) is 10.1 Å². The Morgan fingerprint density at radius 2 is 2.30 bits per heavy atom. The van der Waals surface area contributed by atoms with Crippen molar-refractivity contribution in [1.29, 1.82) is 0 Å². The van der Waals surface area contributed by atoms with E-state index in [4.69, 9.17) is 11.6 Å². The van der Waals surface area contributed by atoms with Gasteiger partial charge in [0.2, 0.25) is 0 Å². The zero-order chi connectivity index (χ0) is 14.7. The van der Waals surface area contributed by atoms with Crippen LogP contribution in [0.5, 0.6) is 0 Å². The van der Waals surface area contributed by atoms with Gasteiger partial charge in [-0.25, -0.2) is 4.98 Å². The van der Waals surface area contributed by atoms with E-state index in [0.29, 0.717) is 5.69 Å². The molecule has 0 aliphatic rings. The fourth-order valence-electron chi connectivity index (χ4n) is 1.80. The van der Waals surface area contributed by atoms with E-state index in [1.54, 1.807) is 23.5 Å². The Hall–Kier alpha value is -1.66. The van der Waals surface area contributed by atoms with Crippen LogP contribution in [0.3, 0.4) is 0 Å². The van der Waals surface area contributed by atoms with Gasteiger partial charge in [-0.1, -0.05) is 24.6 Å². The first-order valence-electron chi connectivity index (χ1n) is 6.17. The number of thiazole rings is 1. The second-order valence-corrected chi connectivity index (χ2v) is 5.83. The van der Waals surface area contributed by atoms with Gasteiger partial charge in [-0.2, -0.15) is 0 Å². The summed E-state index contributed by atoms with van der Waals surface area (Å²) in [7, 11) is 0. The summed E-state index contributed by atoms with van der Waals surface area (Å²) < 4.78 is 0. The van der Waals surface area contributed by atoms with Gasteiger partial charge < -0.3 is 5.32 Å². The number of nitro benzene ring substituents is 1. The normalized spacial score (nSPS) is 12.2. The molecule has 7 heteroatoms. The first-order valence-corrected chi connectivity index (χ1v) is 7.36. The van der Waals surface area contributed by atoms with E-state index >= 15 is 0 Å². The van der Waals surface area contributed by atoms with E-state index in [2.05, 4.69) is 17.2 Å². The summed E-state index contributed by atoms with van der Waals surface area (Å²) in [5, 5.41) is 15.2. The molecule has 0 amide bonds. The van der Waals surface area contributed by atoms with Crippen molar-refractivity contribution in [2.24, 2.45) is 0 Å². The average Bonchev–Trinajstić information content (AvgIpc) is 2.87. The van der Waals surface area contributed by atoms with Gasteiger partial charge in [0, 0.05) is 11.1 Å². The second kappa shape index (κ2) is 6.19. The fraction of sp³-hybridized carbons (Fsp3) is 0.308. The van der Waals surface area contributed by atoms with Crippen LogP contribution in [0.25, 0.3) is 0 Å². The SMILES string of the molecule is CCc1cnc(C(C)Nc2cccc(Cl)c2[N+](=O)[O-])s1. The summed E-state index contributed by atoms with van der Waals surface area (Å²) in [4.78, 5) is 16.1. The number of nitrogens with one attached hydrogen (secondary N) is 1. The molecule has 0 aliphatic heterocycles. The lowest BCUT2D eigenvalue weighted by atomic mass is 10.2. The van der Waals surface area contributed by atoms with Crippen LogP contribution in [0, 0.1) is 10.1 Å². The first-order chi connectivity index (χ1) is 9.52. The molecule has 106 valence electrons. The molecule has 1 unspecified atom stereocenters. The number of benzene rings is 1. The minimum Gasteiger partial charge on any atom is -0.370 e. The van der Waals surface area contributed by atoms with Gasteiger partial charge in [-0.05, 0) is 25.5 Å². The summed E-state index contributed by atoms with van der Waals surface area (Å²) in [5.41, 5.74) is 0.302. The smallest absolute Gasteiger partial charge is 0.310 e. The number of nitro groups is 1. The molecule has 0 saturated carbocycles. The van der Waals surface area contributed by atoms with Crippen LogP contribution in [-0.4, -0.2) is 9.91 Å². The van der Waals surface area contributed by atoms with Crippen molar-refractivity contribution in [3.8, 4) is 0 Å². The molecule has 2 aromatic rings. The Morgan fingerprint density at radius 3 is 2.90 bits per heavy atom. The van der Waals surface area contributed by atoms with Gasteiger partial charge in [0.1, 0.15) is 15.7 Å². The molecular formula is C13H14ClN3O2S. The summed E-state index contributed by atoms with van der Waals surface area (Å²) in [5.74, 6) is 0. The number of nitrogens with zero attached hydrogens (tertiary/aromatic N) is 2. The lowest BCUT2D eigenvalue weighted by Crippen LogP contribution is -2.08. The van der Waals surface area contributed by atoms with Crippen molar-refractivity contribution in [2.45, 2.75) is 26.3 Å². The van der Waals surface area contributed by atoms with Crippen LogP contribution in [0.1, 0.15) is 29.8 Å². The van der Waals surface area contributed by atoms with Gasteiger partial charge >= 0.3 is 5.69 Å². The largest absolute Gasteiger partial charge is 0.370 e. The minimum atomic E-state index is -0.475. The standard InChI is InChI=1S/C13H14ClN3O2S/c1-3-9-7-15-13(20-9)8(2)16-11-6-4-5-10(14)12(11)17(18)19/h4-8,16H,3H2,1-2H3. The maximum Gasteiger partial charge on any atom is 0.310 e.